The van der Waals surface area contributed by atoms with Gasteiger partial charge in [0.25, 0.3) is 0 Å². The second-order valence-electron chi connectivity index (χ2n) is 6.59. The Labute approximate surface area is 164 Å². The fourth-order valence-electron chi connectivity index (χ4n) is 2.61. The number of aromatic nitrogens is 2. The van der Waals surface area contributed by atoms with Gasteiger partial charge in [0.15, 0.2) is 5.16 Å². The lowest BCUT2D eigenvalue weighted by atomic mass is 9.99. The highest BCUT2D eigenvalue weighted by Gasteiger charge is 2.26. The number of hydrogen-bond acceptors (Lipinski definition) is 5. The van der Waals surface area contributed by atoms with E-state index in [0.717, 1.165) is 17.3 Å². The highest BCUT2D eigenvalue weighted by Crippen LogP contribution is 2.22. The van der Waals surface area contributed by atoms with Crippen molar-refractivity contribution in [2.75, 3.05) is 12.9 Å². The van der Waals surface area contributed by atoms with E-state index in [4.69, 9.17) is 4.74 Å². The smallest absolute Gasteiger partial charge is 0.328 e. The number of aryl methyl sites for hydroxylation is 2. The van der Waals surface area contributed by atoms with Crippen molar-refractivity contribution in [2.24, 2.45) is 5.92 Å². The number of thioether (sulfide) groups is 1. The van der Waals surface area contributed by atoms with Gasteiger partial charge in [0, 0.05) is 18.1 Å². The number of carbonyl (C=O) groups excluding carboxylic acids is 2. The third kappa shape index (κ3) is 5.35. The average molecular weight is 390 g/mol. The van der Waals surface area contributed by atoms with Crippen molar-refractivity contribution in [1.82, 2.24) is 14.9 Å². The first-order valence-corrected chi connectivity index (χ1v) is 9.96. The SMILES string of the molecule is CCC(C)C(NC(=O)CSc1nccn1-c1ccc(C)c(C)c1)C(=O)OC. The van der Waals surface area contributed by atoms with Crippen LogP contribution in [-0.2, 0) is 14.3 Å². The maximum absolute atomic E-state index is 12.4. The summed E-state index contributed by atoms with van der Waals surface area (Å²) >= 11 is 1.34. The molecule has 1 amide bonds. The molecule has 2 atom stereocenters. The van der Waals surface area contributed by atoms with Crippen LogP contribution in [-0.4, -0.2) is 40.3 Å². The van der Waals surface area contributed by atoms with Crippen molar-refractivity contribution in [2.45, 2.75) is 45.3 Å². The van der Waals surface area contributed by atoms with Crippen molar-refractivity contribution in [3.05, 3.63) is 41.7 Å². The van der Waals surface area contributed by atoms with Crippen molar-refractivity contribution in [3.8, 4) is 5.69 Å². The molecule has 0 saturated heterocycles. The van der Waals surface area contributed by atoms with Crippen molar-refractivity contribution in [3.63, 3.8) is 0 Å². The van der Waals surface area contributed by atoms with Crippen LogP contribution in [0.2, 0.25) is 0 Å². The van der Waals surface area contributed by atoms with Crippen LogP contribution < -0.4 is 5.32 Å². The molecule has 0 aliphatic carbocycles. The summed E-state index contributed by atoms with van der Waals surface area (Å²) in [5, 5.41) is 3.51. The van der Waals surface area contributed by atoms with Crippen LogP contribution in [0.4, 0.5) is 0 Å². The molecule has 27 heavy (non-hydrogen) atoms. The third-order valence-electron chi connectivity index (χ3n) is 4.69. The quantitative estimate of drug-likeness (QED) is 0.554. The predicted molar refractivity (Wildman–Crippen MR) is 107 cm³/mol. The predicted octanol–water partition coefficient (Wildman–Crippen LogP) is 3.29. The minimum atomic E-state index is -0.632. The summed E-state index contributed by atoms with van der Waals surface area (Å²) in [6.07, 6.45) is 4.36. The van der Waals surface area contributed by atoms with E-state index in [1.807, 2.05) is 30.7 Å². The molecular weight excluding hydrogens is 362 g/mol. The lowest BCUT2D eigenvalue weighted by Gasteiger charge is -2.21. The van der Waals surface area contributed by atoms with Gasteiger partial charge in [-0.05, 0) is 43.0 Å². The van der Waals surface area contributed by atoms with Gasteiger partial charge in [0.1, 0.15) is 6.04 Å². The molecule has 2 rings (SSSR count). The first-order valence-electron chi connectivity index (χ1n) is 8.98. The van der Waals surface area contributed by atoms with Crippen LogP contribution in [0.1, 0.15) is 31.4 Å². The Balaban J connectivity index is 2.04. The standard InChI is InChI=1S/C20H27N3O3S/c1-6-13(2)18(19(25)26-5)22-17(24)12-27-20-21-9-10-23(20)16-8-7-14(3)15(4)11-16/h7-11,13,18H,6,12H2,1-5H3,(H,22,24). The lowest BCUT2D eigenvalue weighted by molar-refractivity contribution is -0.146. The number of benzene rings is 1. The summed E-state index contributed by atoms with van der Waals surface area (Å²) in [5.41, 5.74) is 3.43. The lowest BCUT2D eigenvalue weighted by Crippen LogP contribution is -2.46. The van der Waals surface area contributed by atoms with E-state index >= 15 is 0 Å². The van der Waals surface area contributed by atoms with Crippen LogP contribution in [0.25, 0.3) is 5.69 Å². The molecular formula is C20H27N3O3S. The molecule has 146 valence electrons. The molecule has 1 heterocycles. The monoisotopic (exact) mass is 389 g/mol. The number of imidazole rings is 1. The number of esters is 1. The zero-order valence-electron chi connectivity index (χ0n) is 16.5. The molecule has 0 aliphatic heterocycles. The van der Waals surface area contributed by atoms with Gasteiger partial charge in [-0.2, -0.15) is 0 Å². The zero-order chi connectivity index (χ0) is 20.0. The highest BCUT2D eigenvalue weighted by molar-refractivity contribution is 7.99. The first-order chi connectivity index (χ1) is 12.9. The van der Waals surface area contributed by atoms with Crippen LogP contribution in [0.5, 0.6) is 0 Å². The Kier molecular flexibility index (Phi) is 7.47. The molecule has 7 heteroatoms. The summed E-state index contributed by atoms with van der Waals surface area (Å²) in [5.74, 6) is -0.459. The van der Waals surface area contributed by atoms with Crippen LogP contribution in [0, 0.1) is 19.8 Å². The van der Waals surface area contributed by atoms with Gasteiger partial charge in [-0.25, -0.2) is 9.78 Å². The highest BCUT2D eigenvalue weighted by atomic mass is 32.2. The molecule has 2 aromatic rings. The number of ether oxygens (including phenoxy) is 1. The number of hydrogen-bond donors (Lipinski definition) is 1. The van der Waals surface area contributed by atoms with Gasteiger partial charge >= 0.3 is 5.97 Å². The Morgan fingerprint density at radius 2 is 2.04 bits per heavy atom. The molecule has 1 N–H and O–H groups in total. The van der Waals surface area contributed by atoms with E-state index in [0.29, 0.717) is 0 Å². The minimum absolute atomic E-state index is 0.00363. The maximum atomic E-state index is 12.4. The van der Waals surface area contributed by atoms with Gasteiger partial charge < -0.3 is 10.1 Å². The largest absolute Gasteiger partial charge is 0.467 e. The zero-order valence-corrected chi connectivity index (χ0v) is 17.3. The summed E-state index contributed by atoms with van der Waals surface area (Å²) in [6.45, 7) is 8.03. The van der Waals surface area contributed by atoms with Gasteiger partial charge in [-0.15, -0.1) is 0 Å². The molecule has 1 aromatic carbocycles. The van der Waals surface area contributed by atoms with Crippen molar-refractivity contribution in [1.29, 1.82) is 0 Å². The number of nitrogens with one attached hydrogen (secondary N) is 1. The van der Waals surface area contributed by atoms with Crippen molar-refractivity contribution < 1.29 is 14.3 Å². The Bertz CT molecular complexity index is 804. The van der Waals surface area contributed by atoms with E-state index in [1.54, 1.807) is 6.20 Å². The summed E-state index contributed by atoms with van der Waals surface area (Å²) in [7, 11) is 1.33. The Hall–Kier alpha value is -2.28. The summed E-state index contributed by atoms with van der Waals surface area (Å²) in [6, 6.07) is 5.56. The summed E-state index contributed by atoms with van der Waals surface area (Å²) < 4.78 is 6.76. The second kappa shape index (κ2) is 9.60. The molecule has 6 nitrogen and oxygen atoms in total. The Morgan fingerprint density at radius 1 is 1.30 bits per heavy atom. The maximum Gasteiger partial charge on any atom is 0.328 e. The molecule has 0 aliphatic rings. The molecule has 2 unspecified atom stereocenters. The van der Waals surface area contributed by atoms with E-state index in [2.05, 4.69) is 36.3 Å². The van der Waals surface area contributed by atoms with Gasteiger partial charge in [-0.1, -0.05) is 38.1 Å². The fourth-order valence-corrected chi connectivity index (χ4v) is 3.39. The number of nitrogens with zero attached hydrogens (tertiary/aromatic N) is 2. The van der Waals surface area contributed by atoms with E-state index in [1.165, 1.54) is 30.0 Å². The van der Waals surface area contributed by atoms with Gasteiger partial charge in [0.2, 0.25) is 5.91 Å². The second-order valence-corrected chi connectivity index (χ2v) is 7.53. The number of rotatable bonds is 8. The van der Waals surface area contributed by atoms with E-state index in [-0.39, 0.29) is 17.6 Å². The molecule has 0 radical (unpaired) electrons. The molecule has 1 aromatic heterocycles. The van der Waals surface area contributed by atoms with Crippen LogP contribution in [0.3, 0.4) is 0 Å². The first kappa shape index (κ1) is 21.0. The third-order valence-corrected chi connectivity index (χ3v) is 5.66. The molecule has 0 spiro atoms. The van der Waals surface area contributed by atoms with Gasteiger partial charge in [0.05, 0.1) is 12.9 Å². The molecule has 0 fully saturated rings. The molecule has 0 bridgehead atoms. The van der Waals surface area contributed by atoms with E-state index < -0.39 is 12.0 Å². The minimum Gasteiger partial charge on any atom is -0.467 e. The Morgan fingerprint density at radius 3 is 2.67 bits per heavy atom. The average Bonchev–Trinajstić information content (AvgIpc) is 3.14. The number of carbonyl (C=O) groups is 2. The fraction of sp³-hybridized carbons (Fsp3) is 0.450. The molecule has 0 saturated carbocycles. The normalized spacial score (nSPS) is 13.1. The van der Waals surface area contributed by atoms with Gasteiger partial charge in [-0.3, -0.25) is 9.36 Å². The topological polar surface area (TPSA) is 73.2 Å². The van der Waals surface area contributed by atoms with E-state index in [9.17, 15) is 9.59 Å². The number of methoxy groups -OCH3 is 1. The number of amides is 1. The van der Waals surface area contributed by atoms with Crippen molar-refractivity contribution >= 4 is 23.6 Å². The van der Waals surface area contributed by atoms with Crippen LogP contribution in [0.15, 0.2) is 35.7 Å². The summed E-state index contributed by atoms with van der Waals surface area (Å²) in [4.78, 5) is 28.6. The van der Waals surface area contributed by atoms with Crippen LogP contribution >= 0.6 is 11.8 Å².